The number of hydrogen-bond donors (Lipinski definition) is 1. The van der Waals surface area contributed by atoms with Crippen LogP contribution in [0.4, 0.5) is 0 Å². The van der Waals surface area contributed by atoms with Crippen LogP contribution in [0.25, 0.3) is 0 Å². The van der Waals surface area contributed by atoms with E-state index in [4.69, 9.17) is 25.4 Å². The van der Waals surface area contributed by atoms with E-state index in [1.165, 1.54) is 6.92 Å². The van der Waals surface area contributed by atoms with Crippen molar-refractivity contribution in [3.8, 4) is 12.3 Å². The van der Waals surface area contributed by atoms with Gasteiger partial charge in [0.2, 0.25) is 5.91 Å². The van der Waals surface area contributed by atoms with Gasteiger partial charge in [0.1, 0.15) is 24.4 Å². The Bertz CT molecular complexity index is 1130. The highest BCUT2D eigenvalue weighted by Gasteiger charge is 2.47. The predicted octanol–water partition coefficient (Wildman–Crippen LogP) is 4.28. The van der Waals surface area contributed by atoms with E-state index < -0.39 is 30.5 Å². The minimum Gasteiger partial charge on any atom is -0.374 e. The maximum atomic E-state index is 12.1. The molecular formula is C31H33NO5. The fraction of sp³-hybridized carbons (Fsp3) is 0.323. The number of rotatable bonds is 11. The van der Waals surface area contributed by atoms with Crippen molar-refractivity contribution in [1.82, 2.24) is 5.32 Å². The molecule has 0 radical (unpaired) electrons. The predicted molar refractivity (Wildman–Crippen MR) is 141 cm³/mol. The first-order chi connectivity index (χ1) is 18.1. The summed E-state index contributed by atoms with van der Waals surface area (Å²) >= 11 is 0. The SMILES string of the molecule is C#C[C@@H]1O[C@H](COCc2ccccc2)[C@@H](OCc2ccccc2)[C@H](OCc2ccccc2)[C@@H]1NC(C)=O. The van der Waals surface area contributed by atoms with Gasteiger partial charge in [0, 0.05) is 6.92 Å². The smallest absolute Gasteiger partial charge is 0.217 e. The van der Waals surface area contributed by atoms with Crippen molar-refractivity contribution < 1.29 is 23.7 Å². The number of terminal acetylenes is 1. The minimum absolute atomic E-state index is 0.220. The van der Waals surface area contributed by atoms with E-state index in [0.29, 0.717) is 19.8 Å². The third-order valence-electron chi connectivity index (χ3n) is 6.19. The summed E-state index contributed by atoms with van der Waals surface area (Å²) in [5.74, 6) is 2.47. The normalized spacial score (nSPS) is 23.2. The van der Waals surface area contributed by atoms with E-state index in [1.54, 1.807) is 0 Å². The molecule has 5 atom stereocenters. The molecule has 1 fully saturated rings. The molecule has 0 spiro atoms. The molecule has 1 amide bonds. The molecule has 1 saturated heterocycles. The molecule has 1 aliphatic heterocycles. The summed E-state index contributed by atoms with van der Waals surface area (Å²) in [6.45, 7) is 2.82. The fourth-order valence-corrected chi connectivity index (χ4v) is 4.41. The summed E-state index contributed by atoms with van der Waals surface area (Å²) in [6.07, 6.45) is 3.56. The van der Waals surface area contributed by atoms with Gasteiger partial charge in [-0.1, -0.05) is 96.9 Å². The van der Waals surface area contributed by atoms with Crippen LogP contribution >= 0.6 is 0 Å². The van der Waals surface area contributed by atoms with Crippen LogP contribution in [0.1, 0.15) is 23.6 Å². The number of hydrogen-bond acceptors (Lipinski definition) is 5. The zero-order chi connectivity index (χ0) is 25.9. The Kier molecular flexibility index (Phi) is 9.87. The van der Waals surface area contributed by atoms with Crippen LogP contribution < -0.4 is 5.32 Å². The summed E-state index contributed by atoms with van der Waals surface area (Å²) in [5.41, 5.74) is 3.08. The number of benzene rings is 3. The van der Waals surface area contributed by atoms with E-state index in [-0.39, 0.29) is 12.5 Å². The number of nitrogens with one attached hydrogen (secondary N) is 1. The molecule has 3 aromatic rings. The largest absolute Gasteiger partial charge is 0.374 e. The molecule has 0 saturated carbocycles. The number of carbonyl (C=O) groups is 1. The fourth-order valence-electron chi connectivity index (χ4n) is 4.41. The van der Waals surface area contributed by atoms with Crippen molar-refractivity contribution >= 4 is 5.91 Å². The third-order valence-corrected chi connectivity index (χ3v) is 6.19. The molecule has 0 bridgehead atoms. The van der Waals surface area contributed by atoms with E-state index in [1.807, 2.05) is 91.0 Å². The first-order valence-corrected chi connectivity index (χ1v) is 12.5. The van der Waals surface area contributed by atoms with Gasteiger partial charge in [-0.3, -0.25) is 4.79 Å². The van der Waals surface area contributed by atoms with E-state index in [2.05, 4.69) is 11.2 Å². The van der Waals surface area contributed by atoms with Gasteiger partial charge < -0.3 is 24.3 Å². The van der Waals surface area contributed by atoms with E-state index >= 15 is 0 Å². The Morgan fingerprint density at radius 1 is 0.811 bits per heavy atom. The maximum absolute atomic E-state index is 12.1. The summed E-state index contributed by atoms with van der Waals surface area (Å²) in [4.78, 5) is 12.1. The molecule has 1 heterocycles. The second-order valence-corrected chi connectivity index (χ2v) is 9.01. The lowest BCUT2D eigenvalue weighted by Gasteiger charge is -2.45. The first-order valence-electron chi connectivity index (χ1n) is 12.5. The van der Waals surface area contributed by atoms with Crippen molar-refractivity contribution in [3.05, 3.63) is 108 Å². The van der Waals surface area contributed by atoms with Crippen LogP contribution in [0.2, 0.25) is 0 Å². The van der Waals surface area contributed by atoms with Gasteiger partial charge in [-0.15, -0.1) is 6.42 Å². The average molecular weight is 500 g/mol. The summed E-state index contributed by atoms with van der Waals surface area (Å²) in [7, 11) is 0. The lowest BCUT2D eigenvalue weighted by molar-refractivity contribution is -0.222. The van der Waals surface area contributed by atoms with Crippen molar-refractivity contribution in [1.29, 1.82) is 0 Å². The Balaban J connectivity index is 1.57. The van der Waals surface area contributed by atoms with Crippen molar-refractivity contribution in [3.63, 3.8) is 0 Å². The molecule has 1 aliphatic rings. The third kappa shape index (κ3) is 7.75. The second-order valence-electron chi connectivity index (χ2n) is 9.01. The Morgan fingerprint density at radius 2 is 1.30 bits per heavy atom. The molecule has 4 rings (SSSR count). The van der Waals surface area contributed by atoms with Gasteiger partial charge >= 0.3 is 0 Å². The molecule has 3 aromatic carbocycles. The highest BCUT2D eigenvalue weighted by molar-refractivity contribution is 5.73. The Labute approximate surface area is 218 Å². The monoisotopic (exact) mass is 499 g/mol. The van der Waals surface area contributed by atoms with E-state index in [9.17, 15) is 4.79 Å². The molecule has 1 N–H and O–H groups in total. The van der Waals surface area contributed by atoms with Gasteiger partial charge in [0.15, 0.2) is 0 Å². The lowest BCUT2D eigenvalue weighted by Crippen LogP contribution is -2.65. The highest BCUT2D eigenvalue weighted by Crippen LogP contribution is 2.28. The van der Waals surface area contributed by atoms with Crippen LogP contribution in [0, 0.1) is 12.3 Å². The number of ether oxygens (including phenoxy) is 4. The van der Waals surface area contributed by atoms with Crippen molar-refractivity contribution in [2.45, 2.75) is 57.2 Å². The van der Waals surface area contributed by atoms with Gasteiger partial charge in [-0.2, -0.15) is 0 Å². The van der Waals surface area contributed by atoms with Crippen molar-refractivity contribution in [2.75, 3.05) is 6.61 Å². The first kappa shape index (κ1) is 26.6. The molecule has 6 nitrogen and oxygen atoms in total. The summed E-state index contributed by atoms with van der Waals surface area (Å²) < 4.78 is 25.2. The lowest BCUT2D eigenvalue weighted by atomic mass is 9.92. The topological polar surface area (TPSA) is 66.0 Å². The molecule has 192 valence electrons. The van der Waals surface area contributed by atoms with Gasteiger partial charge in [0.25, 0.3) is 0 Å². The highest BCUT2D eigenvalue weighted by atomic mass is 16.6. The average Bonchev–Trinajstić information content (AvgIpc) is 2.93. The molecule has 0 unspecified atom stereocenters. The molecule has 0 aromatic heterocycles. The second kappa shape index (κ2) is 13.7. The van der Waals surface area contributed by atoms with Crippen LogP contribution in [0.5, 0.6) is 0 Å². The Hall–Kier alpha value is -3.47. The van der Waals surface area contributed by atoms with Crippen LogP contribution in [0.3, 0.4) is 0 Å². The Morgan fingerprint density at radius 3 is 1.78 bits per heavy atom. The van der Waals surface area contributed by atoms with Crippen molar-refractivity contribution in [2.24, 2.45) is 0 Å². The quantitative estimate of drug-likeness (QED) is 0.399. The zero-order valence-electron chi connectivity index (χ0n) is 21.0. The van der Waals surface area contributed by atoms with Crippen LogP contribution in [-0.2, 0) is 43.6 Å². The van der Waals surface area contributed by atoms with E-state index in [0.717, 1.165) is 16.7 Å². The summed E-state index contributed by atoms with van der Waals surface area (Å²) in [6, 6.07) is 29.1. The van der Waals surface area contributed by atoms with Crippen LogP contribution in [0.15, 0.2) is 91.0 Å². The van der Waals surface area contributed by atoms with Gasteiger partial charge in [-0.05, 0) is 16.7 Å². The molecule has 37 heavy (non-hydrogen) atoms. The standard InChI is InChI=1S/C31H33NO5/c1-3-27-29(32-23(2)33)31(36-21-26-17-11-6-12-18-26)30(35-20-25-15-9-5-10-16-25)28(37-27)22-34-19-24-13-7-4-8-14-24/h1,4-18,27-31H,19-22H2,2H3,(H,32,33)/t27-,28+,29+,30+,31+/m0/s1. The molecule has 0 aliphatic carbocycles. The summed E-state index contributed by atoms with van der Waals surface area (Å²) in [5, 5.41) is 2.95. The molecular weight excluding hydrogens is 466 g/mol. The van der Waals surface area contributed by atoms with Gasteiger partial charge in [-0.25, -0.2) is 0 Å². The zero-order valence-corrected chi connectivity index (χ0v) is 21.0. The van der Waals surface area contributed by atoms with Crippen LogP contribution in [-0.4, -0.2) is 43.0 Å². The van der Waals surface area contributed by atoms with Gasteiger partial charge in [0.05, 0.1) is 32.5 Å². The molecule has 6 heteroatoms. The number of carbonyl (C=O) groups excluding carboxylic acids is 1. The maximum Gasteiger partial charge on any atom is 0.217 e. The minimum atomic E-state index is -0.702. The number of amides is 1.